The van der Waals surface area contributed by atoms with Gasteiger partial charge in [-0.15, -0.1) is 5.06 Å². The molecule has 0 aliphatic carbocycles. The molecule has 0 unspecified atom stereocenters. The van der Waals surface area contributed by atoms with E-state index in [4.69, 9.17) is 4.84 Å². The van der Waals surface area contributed by atoms with Crippen LogP contribution in [0.4, 0.5) is 9.59 Å². The predicted octanol–water partition coefficient (Wildman–Crippen LogP) is 0.891. The van der Waals surface area contributed by atoms with Gasteiger partial charge in [-0.3, -0.25) is 0 Å². The quantitative estimate of drug-likeness (QED) is 0.668. The zero-order valence-corrected chi connectivity index (χ0v) is 9.52. The average molecular weight is 227 g/mol. The summed E-state index contributed by atoms with van der Waals surface area (Å²) in [4.78, 5) is 31.4. The van der Waals surface area contributed by atoms with Gasteiger partial charge in [-0.05, 0) is 19.3 Å². The van der Waals surface area contributed by atoms with Gasteiger partial charge in [0, 0.05) is 26.7 Å². The van der Waals surface area contributed by atoms with Crippen molar-refractivity contribution in [2.45, 2.75) is 19.3 Å². The number of nitrogens with zero attached hydrogens (tertiary/aromatic N) is 3. The standard InChI is InChI=1S/C10H17N3O3/c1-11-7-8-13(9(11)14)16-10(15)12-5-3-2-4-6-12/h2-8H2,1H3. The van der Waals surface area contributed by atoms with E-state index in [1.165, 1.54) is 4.90 Å². The molecule has 0 N–H and O–H groups in total. The SMILES string of the molecule is CN1CCN(OC(=O)N2CCCCC2)C1=O. The fourth-order valence-corrected chi connectivity index (χ4v) is 1.94. The second kappa shape index (κ2) is 4.59. The van der Waals surface area contributed by atoms with Gasteiger partial charge in [0.2, 0.25) is 0 Å². The minimum Gasteiger partial charge on any atom is -0.323 e. The number of carbonyl (C=O) groups excluding carboxylic acids is 2. The monoisotopic (exact) mass is 227 g/mol. The smallest absolute Gasteiger partial charge is 0.323 e. The molecule has 0 aromatic rings. The highest BCUT2D eigenvalue weighted by Gasteiger charge is 2.30. The van der Waals surface area contributed by atoms with Gasteiger partial charge in [0.25, 0.3) is 0 Å². The number of hydrogen-bond donors (Lipinski definition) is 0. The zero-order valence-electron chi connectivity index (χ0n) is 9.52. The van der Waals surface area contributed by atoms with Gasteiger partial charge in [0.15, 0.2) is 0 Å². The molecule has 0 aromatic carbocycles. The van der Waals surface area contributed by atoms with Crippen LogP contribution in [0, 0.1) is 0 Å². The van der Waals surface area contributed by atoms with Crippen molar-refractivity contribution in [1.29, 1.82) is 0 Å². The van der Waals surface area contributed by atoms with Crippen molar-refractivity contribution < 1.29 is 14.4 Å². The Morgan fingerprint density at radius 2 is 1.81 bits per heavy atom. The van der Waals surface area contributed by atoms with E-state index >= 15 is 0 Å². The summed E-state index contributed by atoms with van der Waals surface area (Å²) in [5.41, 5.74) is 0. The third-order valence-corrected chi connectivity index (χ3v) is 2.98. The lowest BCUT2D eigenvalue weighted by Crippen LogP contribution is -2.41. The molecule has 0 spiro atoms. The second-order valence-corrected chi connectivity index (χ2v) is 4.21. The van der Waals surface area contributed by atoms with Gasteiger partial charge in [-0.25, -0.2) is 9.59 Å². The molecule has 0 atom stereocenters. The molecular formula is C10H17N3O3. The first kappa shape index (κ1) is 11.0. The Bertz CT molecular complexity index is 289. The summed E-state index contributed by atoms with van der Waals surface area (Å²) < 4.78 is 0. The van der Waals surface area contributed by atoms with Crippen molar-refractivity contribution in [2.24, 2.45) is 0 Å². The third-order valence-electron chi connectivity index (χ3n) is 2.98. The van der Waals surface area contributed by atoms with Crippen LogP contribution in [0.3, 0.4) is 0 Å². The molecule has 2 rings (SSSR count). The lowest BCUT2D eigenvalue weighted by molar-refractivity contribution is -0.0624. The third kappa shape index (κ3) is 2.20. The Morgan fingerprint density at radius 3 is 2.38 bits per heavy atom. The lowest BCUT2D eigenvalue weighted by atomic mass is 10.1. The van der Waals surface area contributed by atoms with Crippen molar-refractivity contribution in [3.8, 4) is 0 Å². The van der Waals surface area contributed by atoms with Gasteiger partial charge >= 0.3 is 12.1 Å². The first-order valence-electron chi connectivity index (χ1n) is 5.68. The predicted molar refractivity (Wildman–Crippen MR) is 56.6 cm³/mol. The van der Waals surface area contributed by atoms with E-state index < -0.39 is 6.09 Å². The van der Waals surface area contributed by atoms with Crippen LogP contribution in [-0.2, 0) is 4.84 Å². The van der Waals surface area contributed by atoms with Crippen molar-refractivity contribution >= 4 is 12.1 Å². The molecule has 90 valence electrons. The molecule has 3 amide bonds. The molecule has 2 heterocycles. The number of hydrogen-bond acceptors (Lipinski definition) is 3. The van der Waals surface area contributed by atoms with Gasteiger partial charge in [-0.1, -0.05) is 0 Å². The molecule has 2 aliphatic heterocycles. The van der Waals surface area contributed by atoms with Crippen LogP contribution < -0.4 is 0 Å². The second-order valence-electron chi connectivity index (χ2n) is 4.21. The summed E-state index contributed by atoms with van der Waals surface area (Å²) in [6.07, 6.45) is 2.80. The molecule has 2 aliphatic rings. The topological polar surface area (TPSA) is 53.1 Å². The van der Waals surface area contributed by atoms with Crippen LogP contribution in [0.25, 0.3) is 0 Å². The average Bonchev–Trinajstić information content (AvgIpc) is 2.62. The van der Waals surface area contributed by atoms with Crippen LogP contribution in [-0.4, -0.2) is 60.2 Å². The van der Waals surface area contributed by atoms with Crippen molar-refractivity contribution in [2.75, 3.05) is 33.2 Å². The van der Waals surface area contributed by atoms with Crippen LogP contribution in [0.5, 0.6) is 0 Å². The number of likely N-dealkylation sites (tertiary alicyclic amines) is 1. The first-order chi connectivity index (χ1) is 7.68. The summed E-state index contributed by atoms with van der Waals surface area (Å²) >= 11 is 0. The normalized spacial score (nSPS) is 21.6. The lowest BCUT2D eigenvalue weighted by Gasteiger charge is -2.27. The van der Waals surface area contributed by atoms with E-state index in [0.717, 1.165) is 37.4 Å². The summed E-state index contributed by atoms with van der Waals surface area (Å²) in [5, 5.41) is 1.14. The van der Waals surface area contributed by atoms with E-state index in [-0.39, 0.29) is 6.03 Å². The summed E-state index contributed by atoms with van der Waals surface area (Å²) in [7, 11) is 1.69. The Labute approximate surface area is 94.7 Å². The number of urea groups is 1. The molecular weight excluding hydrogens is 210 g/mol. The number of amides is 3. The molecule has 0 bridgehead atoms. The summed E-state index contributed by atoms with van der Waals surface area (Å²) in [5.74, 6) is 0. The molecule has 6 nitrogen and oxygen atoms in total. The number of rotatable bonds is 1. The Hall–Kier alpha value is -1.46. The molecule has 0 aromatic heterocycles. The molecule has 0 saturated carbocycles. The van der Waals surface area contributed by atoms with Gasteiger partial charge in [-0.2, -0.15) is 0 Å². The fraction of sp³-hybridized carbons (Fsp3) is 0.800. The van der Waals surface area contributed by atoms with Gasteiger partial charge in [0.1, 0.15) is 0 Å². The van der Waals surface area contributed by atoms with Gasteiger partial charge < -0.3 is 14.6 Å². The maximum Gasteiger partial charge on any atom is 0.434 e. The van der Waals surface area contributed by atoms with Crippen molar-refractivity contribution in [3.63, 3.8) is 0 Å². The number of piperidine rings is 1. The van der Waals surface area contributed by atoms with Crippen LogP contribution in [0.1, 0.15) is 19.3 Å². The number of carbonyl (C=O) groups is 2. The molecule has 0 radical (unpaired) electrons. The van der Waals surface area contributed by atoms with Crippen LogP contribution in [0.2, 0.25) is 0 Å². The van der Waals surface area contributed by atoms with Crippen LogP contribution in [0.15, 0.2) is 0 Å². The Kier molecular flexibility index (Phi) is 3.17. The molecule has 6 heteroatoms. The van der Waals surface area contributed by atoms with Crippen molar-refractivity contribution in [1.82, 2.24) is 14.9 Å². The first-order valence-corrected chi connectivity index (χ1v) is 5.68. The maximum atomic E-state index is 11.7. The minimum atomic E-state index is -0.400. The Balaban J connectivity index is 1.84. The van der Waals surface area contributed by atoms with E-state index in [0.29, 0.717) is 13.1 Å². The van der Waals surface area contributed by atoms with E-state index in [1.807, 2.05) is 0 Å². The molecule has 2 fully saturated rings. The number of hydroxylamine groups is 2. The minimum absolute atomic E-state index is 0.245. The molecule has 2 saturated heterocycles. The van der Waals surface area contributed by atoms with Crippen molar-refractivity contribution in [3.05, 3.63) is 0 Å². The van der Waals surface area contributed by atoms with E-state index in [9.17, 15) is 9.59 Å². The van der Waals surface area contributed by atoms with Crippen LogP contribution >= 0.6 is 0 Å². The Morgan fingerprint density at radius 1 is 1.12 bits per heavy atom. The largest absolute Gasteiger partial charge is 0.434 e. The highest BCUT2D eigenvalue weighted by Crippen LogP contribution is 2.12. The van der Waals surface area contributed by atoms with E-state index in [1.54, 1.807) is 11.9 Å². The molecule has 16 heavy (non-hydrogen) atoms. The van der Waals surface area contributed by atoms with Gasteiger partial charge in [0.05, 0.1) is 6.54 Å². The maximum absolute atomic E-state index is 11.7. The highest BCUT2D eigenvalue weighted by atomic mass is 16.7. The summed E-state index contributed by atoms with van der Waals surface area (Å²) in [6.45, 7) is 2.52. The zero-order chi connectivity index (χ0) is 11.5. The highest BCUT2D eigenvalue weighted by molar-refractivity contribution is 5.77. The van der Waals surface area contributed by atoms with E-state index in [2.05, 4.69) is 0 Å². The fourth-order valence-electron chi connectivity index (χ4n) is 1.94. The number of likely N-dealkylation sites (N-methyl/N-ethyl adjacent to an activating group) is 1. The summed E-state index contributed by atoms with van der Waals surface area (Å²) in [6, 6.07) is -0.245.